The maximum absolute atomic E-state index is 11.4. The fraction of sp³-hybridized carbons (Fsp3) is 0.308. The third-order valence-electron chi connectivity index (χ3n) is 3.51. The molecule has 1 aliphatic rings. The summed E-state index contributed by atoms with van der Waals surface area (Å²) in [5.41, 5.74) is 8.68. The lowest BCUT2D eigenvalue weighted by atomic mass is 9.71. The molecule has 0 saturated heterocycles. The number of hydrogen-bond donors (Lipinski definition) is 2. The Bertz CT molecular complexity index is 603. The van der Waals surface area contributed by atoms with Crippen LogP contribution in [0, 0.1) is 0 Å². The number of benzene rings is 1. The van der Waals surface area contributed by atoms with Gasteiger partial charge in [0, 0.05) is 21.6 Å². The van der Waals surface area contributed by atoms with Crippen LogP contribution in [0.4, 0.5) is 0 Å². The molecule has 2 aromatic rings. The molecule has 3 nitrogen and oxygen atoms in total. The first-order valence-electron chi connectivity index (χ1n) is 5.76. The van der Waals surface area contributed by atoms with Gasteiger partial charge in [-0.3, -0.25) is 4.79 Å². The number of aromatic amines is 1. The number of aromatic nitrogens is 1. The number of fused-ring (bicyclic) bond motifs is 3. The Morgan fingerprint density at radius 3 is 3.06 bits per heavy atom. The summed E-state index contributed by atoms with van der Waals surface area (Å²) in [4.78, 5) is 14.8. The molecule has 17 heavy (non-hydrogen) atoms. The Labute approximate surface area is 104 Å². The van der Waals surface area contributed by atoms with Crippen molar-refractivity contribution in [3.05, 3.63) is 34.5 Å². The summed E-state index contributed by atoms with van der Waals surface area (Å²) >= 11 is 6.01. The first-order valence-corrected chi connectivity index (χ1v) is 6.14. The third-order valence-corrected chi connectivity index (χ3v) is 3.75. The standard InChI is InChI=1S/C13H13ClN2O/c14-7-4-5-11-10(6-7)8-2-1-3-9(13(15)17)12(8)16-11/h4-6,9,16H,1-3H2,(H2,15,17)/i13-1. The highest BCUT2D eigenvalue weighted by Gasteiger charge is 2.27. The smallest absolute Gasteiger partial charge is 0.226 e. The Hall–Kier alpha value is -1.48. The van der Waals surface area contributed by atoms with E-state index in [1.165, 1.54) is 5.56 Å². The maximum Gasteiger partial charge on any atom is 0.226 e. The minimum atomic E-state index is -0.247. The van der Waals surface area contributed by atoms with E-state index in [2.05, 4.69) is 4.98 Å². The first kappa shape index (κ1) is 10.7. The van der Waals surface area contributed by atoms with Crippen molar-refractivity contribution in [3.63, 3.8) is 0 Å². The van der Waals surface area contributed by atoms with E-state index in [9.17, 15) is 4.79 Å². The average molecular weight is 248 g/mol. The van der Waals surface area contributed by atoms with Gasteiger partial charge >= 0.3 is 0 Å². The number of hydrogen-bond acceptors (Lipinski definition) is 1. The van der Waals surface area contributed by atoms with Gasteiger partial charge in [-0.15, -0.1) is 0 Å². The van der Waals surface area contributed by atoms with E-state index < -0.39 is 0 Å². The Morgan fingerprint density at radius 2 is 2.29 bits per heavy atom. The second-order valence-electron chi connectivity index (χ2n) is 4.55. The summed E-state index contributed by atoms with van der Waals surface area (Å²) in [7, 11) is 0. The van der Waals surface area contributed by atoms with Gasteiger partial charge in [-0.2, -0.15) is 0 Å². The molecule has 0 bridgehead atoms. The van der Waals surface area contributed by atoms with Gasteiger partial charge in [0.2, 0.25) is 5.91 Å². The molecule has 88 valence electrons. The lowest BCUT2D eigenvalue weighted by Gasteiger charge is -2.19. The molecule has 1 unspecified atom stereocenters. The number of primary amides is 1. The summed E-state index contributed by atoms with van der Waals surface area (Å²) in [6.45, 7) is 0. The van der Waals surface area contributed by atoms with E-state index in [-0.39, 0.29) is 11.8 Å². The Balaban J connectivity index is 2.25. The van der Waals surface area contributed by atoms with E-state index in [4.69, 9.17) is 17.3 Å². The molecule has 0 fully saturated rings. The zero-order chi connectivity index (χ0) is 12.0. The number of aryl methyl sites for hydroxylation is 1. The Morgan fingerprint density at radius 1 is 1.47 bits per heavy atom. The van der Waals surface area contributed by atoms with Crippen molar-refractivity contribution in [2.45, 2.75) is 25.2 Å². The highest BCUT2D eigenvalue weighted by Crippen LogP contribution is 2.36. The largest absolute Gasteiger partial charge is 0.369 e. The van der Waals surface area contributed by atoms with Crippen LogP contribution in [0.2, 0.25) is 5.02 Å². The van der Waals surface area contributed by atoms with Crippen molar-refractivity contribution in [3.8, 4) is 0 Å². The molecule has 1 atom stereocenters. The summed E-state index contributed by atoms with van der Waals surface area (Å²) in [5, 5.41) is 1.85. The van der Waals surface area contributed by atoms with E-state index in [0.717, 1.165) is 40.9 Å². The van der Waals surface area contributed by atoms with Gasteiger partial charge in [0.25, 0.3) is 0 Å². The van der Waals surface area contributed by atoms with E-state index in [0.29, 0.717) is 0 Å². The number of carbonyl (C=O) groups excluding carboxylic acids is 1. The molecule has 0 spiro atoms. The SMILES string of the molecule is N[11C](=O)C1CCCc2c1[nH]c1ccc(Cl)cc21. The molecule has 3 rings (SSSR count). The number of nitrogens with two attached hydrogens (primary N) is 1. The van der Waals surface area contributed by atoms with Crippen LogP contribution in [0.15, 0.2) is 18.2 Å². The summed E-state index contributed by atoms with van der Waals surface area (Å²) in [5.74, 6) is -0.423. The second kappa shape index (κ2) is 3.77. The summed E-state index contributed by atoms with van der Waals surface area (Å²) in [6, 6.07) is 5.76. The predicted molar refractivity (Wildman–Crippen MR) is 68.2 cm³/mol. The summed E-state index contributed by atoms with van der Waals surface area (Å²) in [6.07, 6.45) is 2.82. The summed E-state index contributed by atoms with van der Waals surface area (Å²) < 4.78 is 0. The van der Waals surface area contributed by atoms with E-state index in [1.807, 2.05) is 18.2 Å². The van der Waals surface area contributed by atoms with Gasteiger partial charge in [0.15, 0.2) is 0 Å². The fourth-order valence-corrected chi connectivity index (χ4v) is 2.89. The van der Waals surface area contributed by atoms with Crippen molar-refractivity contribution in [2.75, 3.05) is 0 Å². The van der Waals surface area contributed by atoms with Crippen molar-refractivity contribution in [1.29, 1.82) is 0 Å². The number of nitrogens with one attached hydrogen (secondary N) is 1. The van der Waals surface area contributed by atoms with Crippen LogP contribution in [0.5, 0.6) is 0 Å². The average Bonchev–Trinajstić information content (AvgIpc) is 2.66. The lowest BCUT2D eigenvalue weighted by molar-refractivity contribution is -0.119. The molecular formula is C13H13ClN2O. The van der Waals surface area contributed by atoms with Crippen LogP contribution in [0.1, 0.15) is 30.0 Å². The highest BCUT2D eigenvalue weighted by molar-refractivity contribution is 6.31. The van der Waals surface area contributed by atoms with Crippen LogP contribution in [-0.2, 0) is 11.2 Å². The third kappa shape index (κ3) is 1.62. The van der Waals surface area contributed by atoms with Crippen LogP contribution < -0.4 is 5.73 Å². The molecule has 3 N–H and O–H groups in total. The minimum absolute atomic E-state index is 0.176. The van der Waals surface area contributed by atoms with Gasteiger partial charge in [-0.25, -0.2) is 0 Å². The van der Waals surface area contributed by atoms with Crippen molar-refractivity contribution in [2.24, 2.45) is 5.73 Å². The minimum Gasteiger partial charge on any atom is -0.369 e. The Kier molecular flexibility index (Phi) is 2.37. The zero-order valence-electron chi connectivity index (χ0n) is 9.29. The number of halogens is 1. The molecule has 1 aromatic heterocycles. The van der Waals surface area contributed by atoms with Gasteiger partial charge in [0.1, 0.15) is 0 Å². The van der Waals surface area contributed by atoms with Crippen LogP contribution in [0.3, 0.4) is 0 Å². The first-order chi connectivity index (χ1) is 8.16. The van der Waals surface area contributed by atoms with E-state index >= 15 is 0 Å². The predicted octanol–water partition coefficient (Wildman–Crippen LogP) is 2.73. The van der Waals surface area contributed by atoms with Crippen LogP contribution in [-0.4, -0.2) is 10.9 Å². The van der Waals surface area contributed by atoms with Gasteiger partial charge in [0.05, 0.1) is 5.92 Å². The molecule has 4 heteroatoms. The molecule has 0 radical (unpaired) electrons. The normalized spacial score (nSPS) is 19.2. The van der Waals surface area contributed by atoms with Gasteiger partial charge < -0.3 is 10.7 Å². The highest BCUT2D eigenvalue weighted by atomic mass is 35.5. The van der Waals surface area contributed by atoms with Crippen LogP contribution >= 0.6 is 11.6 Å². The fourth-order valence-electron chi connectivity index (χ4n) is 2.72. The van der Waals surface area contributed by atoms with Crippen molar-refractivity contribution < 1.29 is 4.79 Å². The lowest BCUT2D eigenvalue weighted by Crippen LogP contribution is -2.24. The number of rotatable bonds is 1. The quantitative estimate of drug-likeness (QED) is 0.800. The molecule has 0 saturated carbocycles. The number of carbonyl (C=O) groups is 1. The molecule has 1 amide bonds. The van der Waals surface area contributed by atoms with Crippen LogP contribution in [0.25, 0.3) is 10.9 Å². The number of amides is 1. The van der Waals surface area contributed by atoms with Crippen molar-refractivity contribution in [1.82, 2.24) is 4.98 Å². The zero-order valence-corrected chi connectivity index (χ0v) is 10.1. The monoisotopic (exact) mass is 247 g/mol. The molecule has 1 heterocycles. The number of H-pyrrole nitrogens is 1. The molecule has 1 aromatic carbocycles. The van der Waals surface area contributed by atoms with Crippen molar-refractivity contribution >= 4 is 28.4 Å². The topological polar surface area (TPSA) is 58.9 Å². The second-order valence-corrected chi connectivity index (χ2v) is 4.99. The van der Waals surface area contributed by atoms with E-state index in [1.54, 1.807) is 0 Å². The van der Waals surface area contributed by atoms with Gasteiger partial charge in [-0.05, 0) is 43.0 Å². The molecule has 0 aliphatic heterocycles. The molecule has 1 aliphatic carbocycles. The maximum atomic E-state index is 11.4. The molecular weight excluding hydrogens is 235 g/mol. The van der Waals surface area contributed by atoms with Gasteiger partial charge in [-0.1, -0.05) is 11.6 Å².